The molecule has 4 nitrogen and oxygen atoms in total. The van der Waals surface area contributed by atoms with Gasteiger partial charge in [0, 0.05) is 13.6 Å². The van der Waals surface area contributed by atoms with E-state index < -0.39 is 0 Å². The molecule has 0 saturated heterocycles. The number of carbonyl (C=O) groups is 1. The van der Waals surface area contributed by atoms with Gasteiger partial charge in [0.2, 0.25) is 0 Å². The van der Waals surface area contributed by atoms with Gasteiger partial charge in [-0.1, -0.05) is 18.2 Å². The molecule has 0 bridgehead atoms. The molecule has 0 fully saturated rings. The van der Waals surface area contributed by atoms with Crippen molar-refractivity contribution in [1.29, 1.82) is 5.26 Å². The van der Waals surface area contributed by atoms with E-state index >= 15 is 0 Å². The van der Waals surface area contributed by atoms with Crippen molar-refractivity contribution in [2.24, 2.45) is 0 Å². The van der Waals surface area contributed by atoms with Crippen LogP contribution in [0.2, 0.25) is 0 Å². The van der Waals surface area contributed by atoms with Crippen LogP contribution in [0.25, 0.3) is 0 Å². The van der Waals surface area contributed by atoms with Gasteiger partial charge in [0.05, 0.1) is 5.56 Å². The second kappa shape index (κ2) is 6.33. The van der Waals surface area contributed by atoms with Crippen LogP contribution < -0.4 is 4.74 Å². The van der Waals surface area contributed by atoms with Crippen LogP contribution in [-0.4, -0.2) is 31.0 Å². The van der Waals surface area contributed by atoms with Gasteiger partial charge >= 0.3 is 0 Å². The number of likely N-dealkylation sites (N-methyl/N-ethyl adjacent to an activating group) is 1. The lowest BCUT2D eigenvalue weighted by atomic mass is 10.2. The summed E-state index contributed by atoms with van der Waals surface area (Å²) in [6.07, 6.45) is 1.64. The third-order valence-electron chi connectivity index (χ3n) is 2.19. The third-order valence-corrected chi connectivity index (χ3v) is 2.19. The van der Waals surface area contributed by atoms with Crippen LogP contribution in [0.15, 0.2) is 36.9 Å². The second-order valence-corrected chi connectivity index (χ2v) is 3.46. The van der Waals surface area contributed by atoms with Gasteiger partial charge in [-0.3, -0.25) is 4.79 Å². The summed E-state index contributed by atoms with van der Waals surface area (Å²) in [5.74, 6) is 0.271. The Hall–Kier alpha value is -2.28. The number of nitriles is 1. The molecule has 1 aromatic rings. The quantitative estimate of drug-likeness (QED) is 0.722. The lowest BCUT2D eigenvalue weighted by Gasteiger charge is -2.15. The summed E-state index contributed by atoms with van der Waals surface area (Å²) >= 11 is 0. The van der Waals surface area contributed by atoms with Crippen LogP contribution >= 0.6 is 0 Å². The Kier molecular flexibility index (Phi) is 4.77. The number of amides is 1. The molecule has 0 spiro atoms. The molecule has 17 heavy (non-hydrogen) atoms. The Bertz CT molecular complexity index is 449. The first kappa shape index (κ1) is 12.8. The fourth-order valence-corrected chi connectivity index (χ4v) is 1.23. The Labute approximate surface area is 101 Å². The van der Waals surface area contributed by atoms with E-state index in [1.54, 1.807) is 37.4 Å². The molecule has 0 aliphatic carbocycles. The molecule has 0 aliphatic rings. The Morgan fingerprint density at radius 2 is 2.29 bits per heavy atom. The highest BCUT2D eigenvalue weighted by Crippen LogP contribution is 2.16. The van der Waals surface area contributed by atoms with Crippen LogP contribution in [0.3, 0.4) is 0 Å². The van der Waals surface area contributed by atoms with Gasteiger partial charge in [0.25, 0.3) is 5.91 Å². The first-order valence-electron chi connectivity index (χ1n) is 5.15. The van der Waals surface area contributed by atoms with Crippen molar-refractivity contribution in [3.8, 4) is 11.8 Å². The maximum Gasteiger partial charge on any atom is 0.260 e. The van der Waals surface area contributed by atoms with E-state index in [0.29, 0.717) is 17.9 Å². The van der Waals surface area contributed by atoms with Crippen molar-refractivity contribution < 1.29 is 9.53 Å². The highest BCUT2D eigenvalue weighted by atomic mass is 16.5. The molecule has 1 aromatic carbocycles. The number of rotatable bonds is 5. The maximum atomic E-state index is 11.6. The number of nitrogens with zero attached hydrogens (tertiary/aromatic N) is 2. The summed E-state index contributed by atoms with van der Waals surface area (Å²) in [4.78, 5) is 13.1. The fourth-order valence-electron chi connectivity index (χ4n) is 1.23. The molecule has 1 rings (SSSR count). The number of hydrogen-bond acceptors (Lipinski definition) is 3. The van der Waals surface area contributed by atoms with E-state index in [9.17, 15) is 4.79 Å². The smallest absolute Gasteiger partial charge is 0.260 e. The van der Waals surface area contributed by atoms with Crippen molar-refractivity contribution in [2.45, 2.75) is 0 Å². The van der Waals surface area contributed by atoms with E-state index in [0.717, 1.165) is 0 Å². The molecule has 0 N–H and O–H groups in total. The van der Waals surface area contributed by atoms with Crippen molar-refractivity contribution >= 4 is 5.91 Å². The monoisotopic (exact) mass is 230 g/mol. The van der Waals surface area contributed by atoms with E-state index in [1.807, 2.05) is 6.07 Å². The number of para-hydroxylation sites is 1. The minimum atomic E-state index is -0.155. The van der Waals surface area contributed by atoms with Crippen LogP contribution in [0, 0.1) is 11.3 Å². The first-order chi connectivity index (χ1) is 8.19. The van der Waals surface area contributed by atoms with Crippen molar-refractivity contribution in [3.05, 3.63) is 42.5 Å². The second-order valence-electron chi connectivity index (χ2n) is 3.46. The molecule has 0 radical (unpaired) electrons. The first-order valence-corrected chi connectivity index (χ1v) is 5.15. The summed E-state index contributed by atoms with van der Waals surface area (Å²) in [5, 5.41) is 8.84. The molecule has 0 aromatic heterocycles. The van der Waals surface area contributed by atoms with Gasteiger partial charge in [0.1, 0.15) is 11.8 Å². The maximum absolute atomic E-state index is 11.6. The highest BCUT2D eigenvalue weighted by Gasteiger charge is 2.09. The summed E-state index contributed by atoms with van der Waals surface area (Å²) in [6.45, 7) is 3.94. The summed E-state index contributed by atoms with van der Waals surface area (Å²) < 4.78 is 5.31. The standard InChI is InChI=1S/C13H14N2O2/c1-3-8-15(2)13(16)10-17-12-7-5-4-6-11(12)9-14/h3-7H,1,8,10H2,2H3. The lowest BCUT2D eigenvalue weighted by Crippen LogP contribution is -2.31. The summed E-state index contributed by atoms with van der Waals surface area (Å²) in [5.41, 5.74) is 0.423. The van der Waals surface area contributed by atoms with Crippen LogP contribution in [0.5, 0.6) is 5.75 Å². The fraction of sp³-hybridized carbons (Fsp3) is 0.231. The van der Waals surface area contributed by atoms with Gasteiger partial charge in [-0.05, 0) is 12.1 Å². The molecule has 1 amide bonds. The number of hydrogen-bond donors (Lipinski definition) is 0. The van der Waals surface area contributed by atoms with Gasteiger partial charge in [-0.2, -0.15) is 5.26 Å². The van der Waals surface area contributed by atoms with E-state index in [2.05, 4.69) is 6.58 Å². The molecule has 4 heteroatoms. The molecule has 88 valence electrons. The predicted octanol–water partition coefficient (Wildman–Crippen LogP) is 1.58. The Morgan fingerprint density at radius 3 is 2.94 bits per heavy atom. The number of carbonyl (C=O) groups excluding carboxylic acids is 1. The molecular weight excluding hydrogens is 216 g/mol. The average molecular weight is 230 g/mol. The minimum absolute atomic E-state index is 0.0803. The molecule has 0 saturated carbocycles. The summed E-state index contributed by atoms with van der Waals surface area (Å²) in [7, 11) is 1.67. The Balaban J connectivity index is 2.59. The van der Waals surface area contributed by atoms with E-state index in [4.69, 9.17) is 10.00 Å². The van der Waals surface area contributed by atoms with E-state index in [1.165, 1.54) is 4.90 Å². The molecular formula is C13H14N2O2. The van der Waals surface area contributed by atoms with Crippen molar-refractivity contribution in [1.82, 2.24) is 4.90 Å². The molecule has 0 heterocycles. The highest BCUT2D eigenvalue weighted by molar-refractivity contribution is 5.77. The third kappa shape index (κ3) is 3.65. The normalized spacial score (nSPS) is 9.18. The average Bonchev–Trinajstić information content (AvgIpc) is 2.36. The number of benzene rings is 1. The predicted molar refractivity (Wildman–Crippen MR) is 64.5 cm³/mol. The summed E-state index contributed by atoms with van der Waals surface area (Å²) in [6, 6.07) is 8.82. The zero-order chi connectivity index (χ0) is 12.7. The molecule has 0 atom stereocenters. The Morgan fingerprint density at radius 1 is 1.59 bits per heavy atom. The van der Waals surface area contributed by atoms with Crippen LogP contribution in [0.4, 0.5) is 0 Å². The SMILES string of the molecule is C=CCN(C)C(=O)COc1ccccc1C#N. The van der Waals surface area contributed by atoms with E-state index in [-0.39, 0.29) is 12.5 Å². The van der Waals surface area contributed by atoms with Crippen molar-refractivity contribution in [2.75, 3.05) is 20.2 Å². The molecule has 0 aliphatic heterocycles. The largest absolute Gasteiger partial charge is 0.482 e. The van der Waals surface area contributed by atoms with Crippen LogP contribution in [-0.2, 0) is 4.79 Å². The lowest BCUT2D eigenvalue weighted by molar-refractivity contribution is -0.131. The minimum Gasteiger partial charge on any atom is -0.482 e. The zero-order valence-electron chi connectivity index (χ0n) is 9.72. The van der Waals surface area contributed by atoms with Gasteiger partial charge in [0.15, 0.2) is 6.61 Å². The van der Waals surface area contributed by atoms with Gasteiger partial charge in [-0.15, -0.1) is 6.58 Å². The van der Waals surface area contributed by atoms with Gasteiger partial charge in [-0.25, -0.2) is 0 Å². The molecule has 0 unspecified atom stereocenters. The van der Waals surface area contributed by atoms with Crippen LogP contribution in [0.1, 0.15) is 5.56 Å². The van der Waals surface area contributed by atoms with Crippen molar-refractivity contribution in [3.63, 3.8) is 0 Å². The number of ether oxygens (including phenoxy) is 1. The zero-order valence-corrected chi connectivity index (χ0v) is 9.72. The van der Waals surface area contributed by atoms with Gasteiger partial charge < -0.3 is 9.64 Å². The topological polar surface area (TPSA) is 53.3 Å².